The highest BCUT2D eigenvalue weighted by molar-refractivity contribution is 5.81. The molecule has 0 spiro atoms. The lowest BCUT2D eigenvalue weighted by Crippen LogP contribution is -2.35. The Morgan fingerprint density at radius 1 is 1.43 bits per heavy atom. The van der Waals surface area contributed by atoms with Crippen LogP contribution in [0.2, 0.25) is 0 Å². The number of carbonyl (C=O) groups excluding carboxylic acids is 1. The van der Waals surface area contributed by atoms with Gasteiger partial charge in [0.2, 0.25) is 0 Å². The largest absolute Gasteiger partial charge is 0.384 e. The van der Waals surface area contributed by atoms with Crippen LogP contribution in [-0.4, -0.2) is 19.5 Å². The van der Waals surface area contributed by atoms with Crippen LogP contribution < -0.4 is 0 Å². The molecule has 0 aromatic carbocycles. The summed E-state index contributed by atoms with van der Waals surface area (Å²) in [5.41, 5.74) is 0. The molecule has 0 bridgehead atoms. The van der Waals surface area contributed by atoms with E-state index in [9.17, 15) is 4.79 Å². The number of rotatable bonds is 4. The van der Waals surface area contributed by atoms with Crippen molar-refractivity contribution in [1.29, 1.82) is 0 Å². The first-order chi connectivity index (χ1) is 6.70. The first-order valence-corrected chi connectivity index (χ1v) is 5.72. The van der Waals surface area contributed by atoms with Gasteiger partial charge in [-0.25, -0.2) is 0 Å². The molecule has 2 nitrogen and oxygen atoms in total. The second kappa shape index (κ2) is 5.50. The van der Waals surface area contributed by atoms with E-state index in [-0.39, 0.29) is 5.92 Å². The molecule has 1 fully saturated rings. The summed E-state index contributed by atoms with van der Waals surface area (Å²) < 4.78 is 5.20. The van der Waals surface area contributed by atoms with Crippen molar-refractivity contribution in [2.24, 2.45) is 17.8 Å². The number of ketones is 1. The van der Waals surface area contributed by atoms with Crippen molar-refractivity contribution < 1.29 is 9.53 Å². The highest BCUT2D eigenvalue weighted by Gasteiger charge is 2.34. The Kier molecular flexibility index (Phi) is 4.59. The monoisotopic (exact) mass is 198 g/mol. The van der Waals surface area contributed by atoms with Gasteiger partial charge in [0.1, 0.15) is 5.78 Å². The lowest BCUT2D eigenvalue weighted by molar-refractivity contribution is -0.128. The number of Topliss-reactive ketones (excluding diaryl/α,β-unsaturated/α-hetero) is 1. The van der Waals surface area contributed by atoms with E-state index in [0.29, 0.717) is 24.0 Å². The van der Waals surface area contributed by atoms with Crippen molar-refractivity contribution in [3.63, 3.8) is 0 Å². The lowest BCUT2D eigenvalue weighted by Gasteiger charge is -2.35. The smallest absolute Gasteiger partial charge is 0.136 e. The molecule has 1 aliphatic carbocycles. The summed E-state index contributed by atoms with van der Waals surface area (Å²) in [4.78, 5) is 11.8. The molecule has 3 unspecified atom stereocenters. The van der Waals surface area contributed by atoms with Gasteiger partial charge in [-0.1, -0.05) is 20.3 Å². The van der Waals surface area contributed by atoms with Crippen molar-refractivity contribution >= 4 is 5.78 Å². The molecule has 3 atom stereocenters. The molecule has 0 saturated heterocycles. The fourth-order valence-corrected chi connectivity index (χ4v) is 2.74. The molecule has 82 valence electrons. The third-order valence-corrected chi connectivity index (χ3v) is 3.46. The van der Waals surface area contributed by atoms with Crippen molar-refractivity contribution in [2.45, 2.75) is 39.5 Å². The van der Waals surface area contributed by atoms with Gasteiger partial charge in [-0.15, -0.1) is 0 Å². The van der Waals surface area contributed by atoms with Crippen LogP contribution in [0.4, 0.5) is 0 Å². The Morgan fingerprint density at radius 2 is 2.14 bits per heavy atom. The average molecular weight is 198 g/mol. The molecule has 1 aliphatic rings. The Hall–Kier alpha value is -0.370. The molecule has 1 rings (SSSR count). The standard InChI is InChI=1S/C12H22O2/c1-4-11(13)12-9(2)6-5-7-10(12)8-14-3/h9-10,12H,4-8H2,1-3H3. The Morgan fingerprint density at radius 3 is 2.71 bits per heavy atom. The maximum Gasteiger partial charge on any atom is 0.136 e. The van der Waals surface area contributed by atoms with Crippen LogP contribution in [0, 0.1) is 17.8 Å². The lowest BCUT2D eigenvalue weighted by atomic mass is 9.70. The third-order valence-electron chi connectivity index (χ3n) is 3.46. The second-order valence-corrected chi connectivity index (χ2v) is 4.47. The number of methoxy groups -OCH3 is 1. The second-order valence-electron chi connectivity index (χ2n) is 4.47. The first-order valence-electron chi connectivity index (χ1n) is 5.72. The van der Waals surface area contributed by atoms with E-state index in [1.165, 1.54) is 12.8 Å². The molecule has 0 aliphatic heterocycles. The van der Waals surface area contributed by atoms with Crippen molar-refractivity contribution in [3.8, 4) is 0 Å². The first kappa shape index (κ1) is 11.7. The number of ether oxygens (including phenoxy) is 1. The molecule has 0 heterocycles. The summed E-state index contributed by atoms with van der Waals surface area (Å²) in [7, 11) is 1.73. The van der Waals surface area contributed by atoms with E-state index in [4.69, 9.17) is 4.74 Å². The molecule has 0 aromatic rings. The van der Waals surface area contributed by atoms with Gasteiger partial charge in [-0.05, 0) is 24.7 Å². The molecule has 0 aromatic heterocycles. The fourth-order valence-electron chi connectivity index (χ4n) is 2.74. The summed E-state index contributed by atoms with van der Waals surface area (Å²) in [6, 6.07) is 0. The van der Waals surface area contributed by atoms with Crippen molar-refractivity contribution in [1.82, 2.24) is 0 Å². The van der Waals surface area contributed by atoms with Gasteiger partial charge < -0.3 is 4.74 Å². The van der Waals surface area contributed by atoms with Crippen LogP contribution in [-0.2, 0) is 9.53 Å². The Labute approximate surface area is 87.0 Å². The normalized spacial score (nSPS) is 32.9. The topological polar surface area (TPSA) is 26.3 Å². The fraction of sp³-hybridized carbons (Fsp3) is 0.917. The summed E-state index contributed by atoms with van der Waals surface area (Å²) in [6.45, 7) is 4.92. The quantitative estimate of drug-likeness (QED) is 0.694. The van der Waals surface area contributed by atoms with E-state index >= 15 is 0 Å². The minimum atomic E-state index is 0.258. The summed E-state index contributed by atoms with van der Waals surface area (Å²) in [5.74, 6) is 1.71. The van der Waals surface area contributed by atoms with E-state index in [1.807, 2.05) is 6.92 Å². The molecular weight excluding hydrogens is 176 g/mol. The van der Waals surface area contributed by atoms with Crippen LogP contribution in [0.3, 0.4) is 0 Å². The van der Waals surface area contributed by atoms with Gasteiger partial charge in [-0.2, -0.15) is 0 Å². The van der Waals surface area contributed by atoms with Crippen LogP contribution in [0.25, 0.3) is 0 Å². The third kappa shape index (κ3) is 2.57. The summed E-state index contributed by atoms with van der Waals surface area (Å²) >= 11 is 0. The number of hydrogen-bond donors (Lipinski definition) is 0. The Bertz CT molecular complexity index is 187. The van der Waals surface area contributed by atoms with Gasteiger partial charge in [0.05, 0.1) is 0 Å². The average Bonchev–Trinajstić information content (AvgIpc) is 2.18. The van der Waals surface area contributed by atoms with E-state index < -0.39 is 0 Å². The van der Waals surface area contributed by atoms with Crippen molar-refractivity contribution in [2.75, 3.05) is 13.7 Å². The predicted octanol–water partition coefficient (Wildman–Crippen LogP) is 2.66. The minimum Gasteiger partial charge on any atom is -0.384 e. The number of carbonyl (C=O) groups is 1. The van der Waals surface area contributed by atoms with Crippen LogP contribution in [0.15, 0.2) is 0 Å². The van der Waals surface area contributed by atoms with E-state index in [2.05, 4.69) is 6.92 Å². The molecule has 1 saturated carbocycles. The van der Waals surface area contributed by atoms with Gasteiger partial charge >= 0.3 is 0 Å². The van der Waals surface area contributed by atoms with Crippen LogP contribution in [0.1, 0.15) is 39.5 Å². The molecular formula is C12H22O2. The Balaban J connectivity index is 2.65. The molecule has 0 radical (unpaired) electrons. The van der Waals surface area contributed by atoms with Gasteiger partial charge in [0.25, 0.3) is 0 Å². The van der Waals surface area contributed by atoms with E-state index in [0.717, 1.165) is 13.0 Å². The van der Waals surface area contributed by atoms with Gasteiger partial charge in [0, 0.05) is 26.1 Å². The highest BCUT2D eigenvalue weighted by Crippen LogP contribution is 2.35. The van der Waals surface area contributed by atoms with Gasteiger partial charge in [-0.3, -0.25) is 4.79 Å². The predicted molar refractivity (Wildman–Crippen MR) is 57.2 cm³/mol. The van der Waals surface area contributed by atoms with Crippen LogP contribution >= 0.6 is 0 Å². The zero-order valence-electron chi connectivity index (χ0n) is 9.58. The molecule has 2 heteroatoms. The highest BCUT2D eigenvalue weighted by atomic mass is 16.5. The molecule has 0 N–H and O–H groups in total. The zero-order valence-corrected chi connectivity index (χ0v) is 9.58. The van der Waals surface area contributed by atoms with Gasteiger partial charge in [0.15, 0.2) is 0 Å². The SMILES string of the molecule is CCC(=O)C1C(C)CCCC1COC. The minimum absolute atomic E-state index is 0.258. The summed E-state index contributed by atoms with van der Waals surface area (Å²) in [5, 5.41) is 0. The maximum atomic E-state index is 11.8. The number of hydrogen-bond acceptors (Lipinski definition) is 2. The zero-order chi connectivity index (χ0) is 10.6. The van der Waals surface area contributed by atoms with E-state index in [1.54, 1.807) is 7.11 Å². The summed E-state index contributed by atoms with van der Waals surface area (Å²) in [6.07, 6.45) is 4.29. The molecule has 14 heavy (non-hydrogen) atoms. The van der Waals surface area contributed by atoms with Crippen LogP contribution in [0.5, 0.6) is 0 Å². The maximum absolute atomic E-state index is 11.8. The van der Waals surface area contributed by atoms with Crippen molar-refractivity contribution in [3.05, 3.63) is 0 Å². The molecule has 0 amide bonds.